The molecular weight excluding hydrogens is 342 g/mol. The van der Waals surface area contributed by atoms with Crippen molar-refractivity contribution in [2.75, 3.05) is 26.7 Å². The number of hydrogen-bond acceptors (Lipinski definition) is 5. The number of benzene rings is 2. The van der Waals surface area contributed by atoms with E-state index in [1.165, 1.54) is 10.8 Å². The summed E-state index contributed by atoms with van der Waals surface area (Å²) in [4.78, 5) is 8.37. The van der Waals surface area contributed by atoms with Crippen LogP contribution in [0.25, 0.3) is 10.8 Å². The molecule has 1 aromatic heterocycles. The maximum absolute atomic E-state index is 5.84. The van der Waals surface area contributed by atoms with Crippen LogP contribution in [-0.4, -0.2) is 42.8 Å². The molecule has 0 aliphatic rings. The first-order valence-corrected chi connectivity index (χ1v) is 9.10. The smallest absolute Gasteiger partial charge is 0.228 e. The number of ether oxygens (including phenoxy) is 1. The van der Waals surface area contributed by atoms with E-state index in [1.54, 1.807) is 14.0 Å². The van der Waals surface area contributed by atoms with Gasteiger partial charge in [-0.1, -0.05) is 35.5 Å². The summed E-state index contributed by atoms with van der Waals surface area (Å²) >= 11 is 0. The first kappa shape index (κ1) is 18.7. The van der Waals surface area contributed by atoms with Gasteiger partial charge in [-0.05, 0) is 36.2 Å². The molecule has 0 atom stereocenters. The van der Waals surface area contributed by atoms with Gasteiger partial charge < -0.3 is 19.9 Å². The van der Waals surface area contributed by atoms with Crippen LogP contribution in [0.15, 0.2) is 52.0 Å². The van der Waals surface area contributed by atoms with Crippen LogP contribution < -0.4 is 15.4 Å². The number of hydrogen-bond donors (Lipinski definition) is 2. The molecule has 0 aliphatic heterocycles. The van der Waals surface area contributed by atoms with E-state index in [0.29, 0.717) is 31.3 Å². The van der Waals surface area contributed by atoms with Crippen molar-refractivity contribution in [3.63, 3.8) is 0 Å². The molecule has 2 aromatic carbocycles. The highest BCUT2D eigenvalue weighted by atomic mass is 16.5. The van der Waals surface area contributed by atoms with Crippen molar-refractivity contribution in [3.05, 3.63) is 54.2 Å². The van der Waals surface area contributed by atoms with Gasteiger partial charge in [-0.25, -0.2) is 0 Å². The molecule has 0 amide bonds. The molecule has 0 unspecified atom stereocenters. The summed E-state index contributed by atoms with van der Waals surface area (Å²) in [6, 6.07) is 14.4. The summed E-state index contributed by atoms with van der Waals surface area (Å²) in [7, 11) is 1.75. The molecule has 0 radical (unpaired) electrons. The minimum absolute atomic E-state index is 0.624. The number of aryl methyl sites for hydroxylation is 1. The number of aliphatic imine (C=N–C) groups is 1. The Hall–Kier alpha value is -3.09. The van der Waals surface area contributed by atoms with E-state index in [-0.39, 0.29) is 0 Å². The summed E-state index contributed by atoms with van der Waals surface area (Å²) in [5.41, 5.74) is 0. The predicted octanol–water partition coefficient (Wildman–Crippen LogP) is 2.71. The second-order valence-electron chi connectivity index (χ2n) is 6.12. The van der Waals surface area contributed by atoms with Crippen molar-refractivity contribution in [3.8, 4) is 5.75 Å². The van der Waals surface area contributed by atoms with Gasteiger partial charge in [0.05, 0.1) is 6.61 Å². The van der Waals surface area contributed by atoms with E-state index < -0.39 is 0 Å². The fraction of sp³-hybridized carbons (Fsp3) is 0.350. The highest BCUT2D eigenvalue weighted by molar-refractivity contribution is 5.83. The Morgan fingerprint density at radius 2 is 1.93 bits per heavy atom. The zero-order chi connectivity index (χ0) is 18.9. The first-order chi connectivity index (χ1) is 13.2. The van der Waals surface area contributed by atoms with Gasteiger partial charge in [0.25, 0.3) is 0 Å². The van der Waals surface area contributed by atoms with E-state index in [0.717, 1.165) is 24.7 Å². The lowest BCUT2D eigenvalue weighted by Gasteiger charge is -2.11. The van der Waals surface area contributed by atoms with E-state index in [2.05, 4.69) is 50.0 Å². The summed E-state index contributed by atoms with van der Waals surface area (Å²) in [5, 5.41) is 12.7. The number of fused-ring (bicyclic) bond motifs is 1. The van der Waals surface area contributed by atoms with Gasteiger partial charge in [0.2, 0.25) is 5.89 Å². The lowest BCUT2D eigenvalue weighted by Crippen LogP contribution is -2.39. The SMILES string of the molecule is CN=C(NCCCOc1ccc2ccccc2c1)NCCc1nc(C)no1. The lowest BCUT2D eigenvalue weighted by molar-refractivity contribution is 0.311. The maximum atomic E-state index is 5.84. The summed E-state index contributed by atoms with van der Waals surface area (Å²) in [6.07, 6.45) is 1.53. The van der Waals surface area contributed by atoms with Gasteiger partial charge in [0, 0.05) is 26.6 Å². The number of nitrogens with one attached hydrogen (secondary N) is 2. The van der Waals surface area contributed by atoms with Crippen LogP contribution in [-0.2, 0) is 6.42 Å². The predicted molar refractivity (Wildman–Crippen MR) is 106 cm³/mol. The van der Waals surface area contributed by atoms with Crippen molar-refractivity contribution in [1.82, 2.24) is 20.8 Å². The lowest BCUT2D eigenvalue weighted by atomic mass is 10.1. The molecule has 7 heteroatoms. The number of rotatable bonds is 8. The molecule has 7 nitrogen and oxygen atoms in total. The minimum Gasteiger partial charge on any atom is -0.494 e. The van der Waals surface area contributed by atoms with Crippen LogP contribution in [0.1, 0.15) is 18.1 Å². The zero-order valence-electron chi connectivity index (χ0n) is 15.7. The standard InChI is InChI=1S/C20H25N5O2/c1-15-24-19(27-25-15)10-12-23-20(21-2)22-11-5-13-26-18-9-8-16-6-3-4-7-17(16)14-18/h3-4,6-9,14H,5,10-13H2,1-2H3,(H2,21,22,23). The largest absolute Gasteiger partial charge is 0.494 e. The second-order valence-corrected chi connectivity index (χ2v) is 6.12. The quantitative estimate of drug-likeness (QED) is 0.362. The Labute approximate surface area is 158 Å². The monoisotopic (exact) mass is 367 g/mol. The molecule has 0 saturated carbocycles. The molecule has 3 rings (SSSR count). The summed E-state index contributed by atoms with van der Waals surface area (Å²) < 4.78 is 10.9. The zero-order valence-corrected chi connectivity index (χ0v) is 15.7. The van der Waals surface area contributed by atoms with Gasteiger partial charge in [-0.15, -0.1) is 0 Å². The van der Waals surface area contributed by atoms with Crippen LogP contribution in [0.3, 0.4) is 0 Å². The Balaban J connectivity index is 1.33. The van der Waals surface area contributed by atoms with E-state index in [4.69, 9.17) is 9.26 Å². The third kappa shape index (κ3) is 5.70. The Morgan fingerprint density at radius 1 is 1.11 bits per heavy atom. The minimum atomic E-state index is 0.624. The topological polar surface area (TPSA) is 84.6 Å². The molecule has 27 heavy (non-hydrogen) atoms. The van der Waals surface area contributed by atoms with Gasteiger partial charge in [0.15, 0.2) is 11.8 Å². The molecule has 2 N–H and O–H groups in total. The highest BCUT2D eigenvalue weighted by Gasteiger charge is 2.03. The van der Waals surface area contributed by atoms with Gasteiger partial charge in [0.1, 0.15) is 5.75 Å². The Kier molecular flexibility index (Phi) is 6.62. The molecular formula is C20H25N5O2. The molecule has 0 aliphatic carbocycles. The number of aromatic nitrogens is 2. The van der Waals surface area contributed by atoms with Crippen LogP contribution >= 0.6 is 0 Å². The average Bonchev–Trinajstić information content (AvgIpc) is 3.11. The van der Waals surface area contributed by atoms with Crippen molar-refractivity contribution >= 4 is 16.7 Å². The second kappa shape index (κ2) is 9.56. The molecule has 0 fully saturated rings. The van der Waals surface area contributed by atoms with Crippen LogP contribution in [0, 0.1) is 6.92 Å². The van der Waals surface area contributed by atoms with Crippen molar-refractivity contribution in [2.24, 2.45) is 4.99 Å². The normalized spacial score (nSPS) is 11.6. The molecule has 1 heterocycles. The summed E-state index contributed by atoms with van der Waals surface area (Å²) in [5.74, 6) is 2.92. The first-order valence-electron chi connectivity index (χ1n) is 9.10. The maximum Gasteiger partial charge on any atom is 0.228 e. The van der Waals surface area contributed by atoms with Gasteiger partial charge in [-0.3, -0.25) is 4.99 Å². The van der Waals surface area contributed by atoms with Gasteiger partial charge >= 0.3 is 0 Å². The fourth-order valence-electron chi connectivity index (χ4n) is 2.68. The molecule has 0 bridgehead atoms. The van der Waals surface area contributed by atoms with Crippen molar-refractivity contribution in [2.45, 2.75) is 19.8 Å². The third-order valence-electron chi connectivity index (χ3n) is 4.03. The van der Waals surface area contributed by atoms with E-state index in [1.807, 2.05) is 18.2 Å². The highest BCUT2D eigenvalue weighted by Crippen LogP contribution is 2.20. The number of nitrogens with zero attached hydrogens (tertiary/aromatic N) is 3. The van der Waals surface area contributed by atoms with Gasteiger partial charge in [-0.2, -0.15) is 4.98 Å². The van der Waals surface area contributed by atoms with Crippen molar-refractivity contribution in [1.29, 1.82) is 0 Å². The van der Waals surface area contributed by atoms with E-state index in [9.17, 15) is 0 Å². The Morgan fingerprint density at radius 3 is 2.70 bits per heavy atom. The Bertz CT molecular complexity index is 891. The molecule has 0 saturated heterocycles. The molecule has 0 spiro atoms. The van der Waals surface area contributed by atoms with Crippen LogP contribution in [0.2, 0.25) is 0 Å². The fourth-order valence-corrected chi connectivity index (χ4v) is 2.68. The average molecular weight is 367 g/mol. The molecule has 3 aromatic rings. The van der Waals surface area contributed by atoms with Crippen LogP contribution in [0.4, 0.5) is 0 Å². The third-order valence-corrected chi connectivity index (χ3v) is 4.03. The number of guanidine groups is 1. The van der Waals surface area contributed by atoms with Crippen LogP contribution in [0.5, 0.6) is 5.75 Å². The van der Waals surface area contributed by atoms with Crippen molar-refractivity contribution < 1.29 is 9.26 Å². The summed E-state index contributed by atoms with van der Waals surface area (Å²) in [6.45, 7) is 3.90. The molecule has 142 valence electrons. The van der Waals surface area contributed by atoms with E-state index >= 15 is 0 Å².